The van der Waals surface area contributed by atoms with Crippen molar-refractivity contribution in [2.75, 3.05) is 0 Å². The number of fused-ring (bicyclic) bond motifs is 1. The van der Waals surface area contributed by atoms with Gasteiger partial charge in [0, 0.05) is 6.54 Å². The second-order valence-electron chi connectivity index (χ2n) is 4.87. The zero-order chi connectivity index (χ0) is 14.8. The van der Waals surface area contributed by atoms with Crippen molar-refractivity contribution in [3.8, 4) is 0 Å². The molecule has 5 heteroatoms. The highest BCUT2D eigenvalue weighted by Gasteiger charge is 2.16. The summed E-state index contributed by atoms with van der Waals surface area (Å²) >= 11 is 1.58. The summed E-state index contributed by atoms with van der Waals surface area (Å²) in [6, 6.07) is 9.87. The van der Waals surface area contributed by atoms with E-state index in [2.05, 4.69) is 10.1 Å². The molecule has 0 saturated carbocycles. The van der Waals surface area contributed by atoms with Crippen molar-refractivity contribution >= 4 is 27.3 Å². The lowest BCUT2D eigenvalue weighted by Crippen LogP contribution is -2.11. The molecule has 2 heterocycles. The van der Waals surface area contributed by atoms with Gasteiger partial charge in [-0.15, -0.1) is 11.3 Å². The van der Waals surface area contributed by atoms with Gasteiger partial charge in [-0.1, -0.05) is 19.1 Å². The van der Waals surface area contributed by atoms with E-state index in [1.165, 1.54) is 0 Å². The van der Waals surface area contributed by atoms with E-state index < -0.39 is 0 Å². The molecule has 0 amide bonds. The van der Waals surface area contributed by atoms with Crippen LogP contribution in [0.4, 0.5) is 0 Å². The summed E-state index contributed by atoms with van der Waals surface area (Å²) in [7, 11) is 0. The van der Waals surface area contributed by atoms with E-state index in [0.717, 1.165) is 27.3 Å². The second kappa shape index (κ2) is 5.77. The molecule has 0 N–H and O–H groups in total. The van der Waals surface area contributed by atoms with Crippen LogP contribution in [0.1, 0.15) is 35.0 Å². The second-order valence-corrected chi connectivity index (χ2v) is 5.98. The number of para-hydroxylation sites is 1. The molecule has 0 aliphatic rings. The number of carbonyl (C=O) groups is 1. The lowest BCUT2D eigenvalue weighted by molar-refractivity contribution is 0.0983. The standard InChI is InChI=1S/C16H17N3OS/c1-3-11-9-13(19(4-2)18-11)14(20)10-16-17-12-7-5-6-8-15(12)21-16/h5-9H,3-4,10H2,1-2H3. The fourth-order valence-electron chi connectivity index (χ4n) is 2.33. The predicted octanol–water partition coefficient (Wildman–Crippen LogP) is 3.50. The van der Waals surface area contributed by atoms with Crippen molar-refractivity contribution in [1.29, 1.82) is 0 Å². The number of ketones is 1. The van der Waals surface area contributed by atoms with E-state index in [1.54, 1.807) is 16.0 Å². The third-order valence-corrected chi connectivity index (χ3v) is 4.46. The Bertz CT molecular complexity index is 755. The lowest BCUT2D eigenvalue weighted by Gasteiger charge is -2.01. The Hall–Kier alpha value is -2.01. The third-order valence-electron chi connectivity index (χ3n) is 3.43. The minimum absolute atomic E-state index is 0.0862. The Morgan fingerprint density at radius 3 is 2.81 bits per heavy atom. The Balaban J connectivity index is 1.87. The molecule has 0 saturated heterocycles. The zero-order valence-electron chi connectivity index (χ0n) is 12.2. The number of carbonyl (C=O) groups excluding carboxylic acids is 1. The Kier molecular flexibility index (Phi) is 3.84. The van der Waals surface area contributed by atoms with E-state index in [1.807, 2.05) is 44.2 Å². The van der Waals surface area contributed by atoms with Crippen LogP contribution >= 0.6 is 11.3 Å². The van der Waals surface area contributed by atoms with E-state index >= 15 is 0 Å². The molecule has 108 valence electrons. The van der Waals surface area contributed by atoms with E-state index in [9.17, 15) is 4.79 Å². The molecule has 0 radical (unpaired) electrons. The van der Waals surface area contributed by atoms with Gasteiger partial charge in [-0.2, -0.15) is 5.10 Å². The first-order chi connectivity index (χ1) is 10.2. The highest BCUT2D eigenvalue weighted by molar-refractivity contribution is 7.18. The van der Waals surface area contributed by atoms with Gasteiger partial charge in [0.2, 0.25) is 0 Å². The Labute approximate surface area is 127 Å². The van der Waals surface area contributed by atoms with Gasteiger partial charge in [0.1, 0.15) is 10.7 Å². The van der Waals surface area contributed by atoms with Crippen molar-refractivity contribution in [1.82, 2.24) is 14.8 Å². The predicted molar refractivity (Wildman–Crippen MR) is 84.9 cm³/mol. The van der Waals surface area contributed by atoms with Crippen LogP contribution in [0.3, 0.4) is 0 Å². The number of hydrogen-bond acceptors (Lipinski definition) is 4. The van der Waals surface area contributed by atoms with Crippen LogP contribution in [0.15, 0.2) is 30.3 Å². The maximum absolute atomic E-state index is 12.5. The van der Waals surface area contributed by atoms with Gasteiger partial charge < -0.3 is 0 Å². The number of aryl methyl sites for hydroxylation is 2. The number of thiazole rings is 1. The number of aromatic nitrogens is 3. The average Bonchev–Trinajstić information content (AvgIpc) is 3.09. The summed E-state index contributed by atoms with van der Waals surface area (Å²) < 4.78 is 2.91. The SMILES string of the molecule is CCc1cc(C(=O)Cc2nc3ccccc3s2)n(CC)n1. The molecule has 2 aromatic heterocycles. The summed E-state index contributed by atoms with van der Waals surface area (Å²) in [5.74, 6) is 0.0862. The fourth-order valence-corrected chi connectivity index (χ4v) is 3.30. The molecule has 21 heavy (non-hydrogen) atoms. The van der Waals surface area contributed by atoms with Crippen molar-refractivity contribution in [2.45, 2.75) is 33.2 Å². The molecular weight excluding hydrogens is 282 g/mol. The minimum atomic E-state index is 0.0862. The van der Waals surface area contributed by atoms with Crippen LogP contribution in [-0.4, -0.2) is 20.5 Å². The summed E-state index contributed by atoms with van der Waals surface area (Å²) in [6.07, 6.45) is 1.18. The molecule has 3 aromatic rings. The van der Waals surface area contributed by atoms with Gasteiger partial charge >= 0.3 is 0 Å². The highest BCUT2D eigenvalue weighted by Crippen LogP contribution is 2.22. The molecule has 1 aromatic carbocycles. The normalized spacial score (nSPS) is 11.1. The maximum atomic E-state index is 12.5. The fraction of sp³-hybridized carbons (Fsp3) is 0.312. The van der Waals surface area contributed by atoms with E-state index in [0.29, 0.717) is 18.7 Å². The number of Topliss-reactive ketones (excluding diaryl/α,β-unsaturated/α-hetero) is 1. The molecule has 3 rings (SSSR count). The molecule has 0 unspecified atom stereocenters. The van der Waals surface area contributed by atoms with Gasteiger partial charge in [0.25, 0.3) is 0 Å². The van der Waals surface area contributed by atoms with Gasteiger partial charge in [0.05, 0.1) is 22.3 Å². The molecule has 4 nitrogen and oxygen atoms in total. The summed E-state index contributed by atoms with van der Waals surface area (Å²) in [6.45, 7) is 4.76. The number of rotatable bonds is 5. The lowest BCUT2D eigenvalue weighted by atomic mass is 10.2. The average molecular weight is 299 g/mol. The van der Waals surface area contributed by atoms with Crippen LogP contribution < -0.4 is 0 Å². The van der Waals surface area contributed by atoms with Crippen LogP contribution in [0, 0.1) is 0 Å². The quantitative estimate of drug-likeness (QED) is 0.677. The topological polar surface area (TPSA) is 47.8 Å². The molecule has 0 bridgehead atoms. The van der Waals surface area contributed by atoms with Crippen molar-refractivity contribution in [3.05, 3.63) is 46.7 Å². The molecular formula is C16H17N3OS. The van der Waals surface area contributed by atoms with Crippen LogP contribution in [0.25, 0.3) is 10.2 Å². The molecule has 0 aliphatic heterocycles. The van der Waals surface area contributed by atoms with Crippen molar-refractivity contribution in [2.24, 2.45) is 0 Å². The summed E-state index contributed by atoms with van der Waals surface area (Å²) in [5, 5.41) is 5.30. The first-order valence-electron chi connectivity index (χ1n) is 7.15. The first-order valence-corrected chi connectivity index (χ1v) is 7.97. The molecule has 0 aliphatic carbocycles. The number of benzene rings is 1. The monoisotopic (exact) mass is 299 g/mol. The van der Waals surface area contributed by atoms with Gasteiger partial charge in [0.15, 0.2) is 5.78 Å². The van der Waals surface area contributed by atoms with Crippen LogP contribution in [-0.2, 0) is 19.4 Å². The maximum Gasteiger partial charge on any atom is 0.187 e. The summed E-state index contributed by atoms with van der Waals surface area (Å²) in [5.41, 5.74) is 2.61. The van der Waals surface area contributed by atoms with E-state index in [4.69, 9.17) is 0 Å². The Morgan fingerprint density at radius 1 is 1.29 bits per heavy atom. The largest absolute Gasteiger partial charge is 0.292 e. The van der Waals surface area contributed by atoms with Crippen LogP contribution in [0.5, 0.6) is 0 Å². The number of hydrogen-bond donors (Lipinski definition) is 0. The first kappa shape index (κ1) is 13.9. The Morgan fingerprint density at radius 2 is 2.10 bits per heavy atom. The third kappa shape index (κ3) is 2.74. The van der Waals surface area contributed by atoms with Gasteiger partial charge in [-0.25, -0.2) is 4.98 Å². The van der Waals surface area contributed by atoms with Crippen LogP contribution in [0.2, 0.25) is 0 Å². The van der Waals surface area contributed by atoms with E-state index in [-0.39, 0.29) is 5.78 Å². The molecule has 0 fully saturated rings. The number of nitrogens with zero attached hydrogens (tertiary/aromatic N) is 3. The highest BCUT2D eigenvalue weighted by atomic mass is 32.1. The summed E-state index contributed by atoms with van der Waals surface area (Å²) in [4.78, 5) is 17.0. The van der Waals surface area contributed by atoms with Gasteiger partial charge in [-0.3, -0.25) is 9.48 Å². The van der Waals surface area contributed by atoms with Gasteiger partial charge in [-0.05, 0) is 31.5 Å². The van der Waals surface area contributed by atoms with Crippen molar-refractivity contribution in [3.63, 3.8) is 0 Å². The smallest absolute Gasteiger partial charge is 0.187 e. The molecule has 0 atom stereocenters. The minimum Gasteiger partial charge on any atom is -0.292 e. The van der Waals surface area contributed by atoms with Crippen molar-refractivity contribution < 1.29 is 4.79 Å². The molecule has 0 spiro atoms. The zero-order valence-corrected chi connectivity index (χ0v) is 13.0.